The van der Waals surface area contributed by atoms with Crippen molar-refractivity contribution in [3.63, 3.8) is 0 Å². The van der Waals surface area contributed by atoms with Crippen molar-refractivity contribution in [1.29, 1.82) is 0 Å². The molecule has 0 radical (unpaired) electrons. The highest BCUT2D eigenvalue weighted by Gasteiger charge is 2.15. The molecule has 0 bridgehead atoms. The van der Waals surface area contributed by atoms with Crippen LogP contribution in [0, 0.1) is 13.8 Å². The summed E-state index contributed by atoms with van der Waals surface area (Å²) in [6, 6.07) is 9.62. The fraction of sp³-hybridized carbons (Fsp3) is 0.278. The van der Waals surface area contributed by atoms with Crippen molar-refractivity contribution in [2.24, 2.45) is 0 Å². The van der Waals surface area contributed by atoms with E-state index in [9.17, 15) is 9.59 Å². The minimum Gasteiger partial charge on any atom is -0.347 e. The molecule has 0 saturated heterocycles. The second-order valence-electron chi connectivity index (χ2n) is 5.70. The van der Waals surface area contributed by atoms with Crippen LogP contribution < -0.4 is 5.32 Å². The molecule has 0 aliphatic rings. The first-order valence-corrected chi connectivity index (χ1v) is 8.38. The molecule has 1 aromatic carbocycles. The maximum atomic E-state index is 12.4. The highest BCUT2D eigenvalue weighted by atomic mass is 32.2. The van der Waals surface area contributed by atoms with E-state index in [0.717, 1.165) is 16.0 Å². The van der Waals surface area contributed by atoms with Gasteiger partial charge in [-0.3, -0.25) is 9.59 Å². The molecular weight excluding hydrogens is 322 g/mol. The first-order valence-electron chi connectivity index (χ1n) is 7.57. The number of aryl methyl sites for hydroxylation is 2. The van der Waals surface area contributed by atoms with Gasteiger partial charge in [-0.15, -0.1) is 0 Å². The van der Waals surface area contributed by atoms with Crippen molar-refractivity contribution in [2.45, 2.75) is 23.8 Å². The third kappa shape index (κ3) is 4.58. The summed E-state index contributed by atoms with van der Waals surface area (Å²) < 4.78 is 0. The van der Waals surface area contributed by atoms with Crippen LogP contribution in [0.25, 0.3) is 0 Å². The molecule has 0 fully saturated rings. The van der Waals surface area contributed by atoms with E-state index in [4.69, 9.17) is 0 Å². The maximum Gasteiger partial charge on any atom is 0.254 e. The van der Waals surface area contributed by atoms with Crippen LogP contribution in [0.1, 0.15) is 21.5 Å². The molecule has 2 amide bonds. The summed E-state index contributed by atoms with van der Waals surface area (Å²) in [7, 11) is 3.31. The number of nitrogens with zero attached hydrogens (tertiary/aromatic N) is 2. The summed E-state index contributed by atoms with van der Waals surface area (Å²) >= 11 is 1.46. The van der Waals surface area contributed by atoms with Gasteiger partial charge in [-0.1, -0.05) is 23.9 Å². The number of pyridine rings is 1. The van der Waals surface area contributed by atoms with Gasteiger partial charge < -0.3 is 10.2 Å². The number of amides is 2. The Hall–Kier alpha value is -2.34. The summed E-state index contributed by atoms with van der Waals surface area (Å²) in [5.41, 5.74) is 2.75. The molecule has 6 heteroatoms. The van der Waals surface area contributed by atoms with Crippen molar-refractivity contribution in [3.8, 4) is 0 Å². The van der Waals surface area contributed by atoms with Crippen LogP contribution in [-0.2, 0) is 4.79 Å². The van der Waals surface area contributed by atoms with Gasteiger partial charge in [0.05, 0.1) is 12.1 Å². The van der Waals surface area contributed by atoms with Gasteiger partial charge in [0.2, 0.25) is 5.91 Å². The normalized spacial score (nSPS) is 10.3. The number of carbonyl (C=O) groups is 2. The van der Waals surface area contributed by atoms with Gasteiger partial charge in [0.15, 0.2) is 0 Å². The van der Waals surface area contributed by atoms with E-state index >= 15 is 0 Å². The third-order valence-corrected chi connectivity index (χ3v) is 4.64. The molecule has 126 valence electrons. The zero-order valence-corrected chi connectivity index (χ0v) is 15.1. The Kier molecular flexibility index (Phi) is 5.98. The fourth-order valence-corrected chi connectivity index (χ4v) is 3.04. The van der Waals surface area contributed by atoms with Gasteiger partial charge in [-0.05, 0) is 43.2 Å². The number of nitrogens with one attached hydrogen (secondary N) is 1. The molecule has 1 aromatic heterocycles. The lowest BCUT2D eigenvalue weighted by molar-refractivity contribution is -0.127. The summed E-state index contributed by atoms with van der Waals surface area (Å²) in [5.74, 6) is -0.456. The van der Waals surface area contributed by atoms with Crippen LogP contribution in [-0.4, -0.2) is 42.3 Å². The third-order valence-electron chi connectivity index (χ3n) is 3.47. The molecule has 0 saturated carbocycles. The molecule has 2 rings (SSSR count). The molecule has 0 aliphatic carbocycles. The van der Waals surface area contributed by atoms with E-state index in [1.807, 2.05) is 13.8 Å². The molecule has 0 spiro atoms. The average molecular weight is 343 g/mol. The van der Waals surface area contributed by atoms with Gasteiger partial charge in [-0.2, -0.15) is 0 Å². The van der Waals surface area contributed by atoms with Crippen LogP contribution >= 0.6 is 11.8 Å². The number of aromatic nitrogens is 1. The second kappa shape index (κ2) is 7.97. The van der Waals surface area contributed by atoms with Crippen molar-refractivity contribution in [2.75, 3.05) is 20.6 Å². The topological polar surface area (TPSA) is 62.3 Å². The van der Waals surface area contributed by atoms with Crippen molar-refractivity contribution in [1.82, 2.24) is 15.2 Å². The highest BCUT2D eigenvalue weighted by molar-refractivity contribution is 7.99. The maximum absolute atomic E-state index is 12.4. The predicted molar refractivity (Wildman–Crippen MR) is 95.3 cm³/mol. The molecule has 0 atom stereocenters. The highest BCUT2D eigenvalue weighted by Crippen LogP contribution is 2.31. The Morgan fingerprint density at radius 1 is 1.21 bits per heavy atom. The number of hydrogen-bond donors (Lipinski definition) is 1. The van der Waals surface area contributed by atoms with Crippen LogP contribution in [0.2, 0.25) is 0 Å². The van der Waals surface area contributed by atoms with E-state index in [-0.39, 0.29) is 18.4 Å². The van der Waals surface area contributed by atoms with Crippen molar-refractivity contribution < 1.29 is 9.59 Å². The van der Waals surface area contributed by atoms with E-state index in [0.29, 0.717) is 10.6 Å². The standard InChI is InChI=1S/C18H21N3O2S/c1-12-7-8-13(2)15(10-12)24-18-14(6-5-9-19-18)17(23)20-11-16(22)21(3)4/h5-10H,11H2,1-4H3,(H,20,23). The fourth-order valence-electron chi connectivity index (χ4n) is 1.98. The van der Waals surface area contributed by atoms with Gasteiger partial charge in [0.1, 0.15) is 5.03 Å². The second-order valence-corrected chi connectivity index (χ2v) is 6.73. The van der Waals surface area contributed by atoms with Gasteiger partial charge in [-0.25, -0.2) is 4.98 Å². The minimum atomic E-state index is -0.300. The quantitative estimate of drug-likeness (QED) is 0.907. The number of likely N-dealkylation sites (N-methyl/N-ethyl adjacent to an activating group) is 1. The number of rotatable bonds is 5. The van der Waals surface area contributed by atoms with E-state index < -0.39 is 0 Å². The first kappa shape index (κ1) is 18.0. The number of carbonyl (C=O) groups excluding carboxylic acids is 2. The minimum absolute atomic E-state index is 0.0334. The summed E-state index contributed by atoms with van der Waals surface area (Å²) in [4.78, 5) is 30.9. The molecule has 0 unspecified atom stereocenters. The van der Waals surface area contributed by atoms with Crippen LogP contribution in [0.3, 0.4) is 0 Å². The Balaban J connectivity index is 2.19. The van der Waals surface area contributed by atoms with Crippen molar-refractivity contribution >= 4 is 23.6 Å². The zero-order valence-electron chi connectivity index (χ0n) is 14.3. The van der Waals surface area contributed by atoms with Crippen LogP contribution in [0.4, 0.5) is 0 Å². The number of benzene rings is 1. The largest absolute Gasteiger partial charge is 0.347 e. The molecule has 5 nitrogen and oxygen atoms in total. The molecule has 2 aromatic rings. The van der Waals surface area contributed by atoms with Gasteiger partial charge in [0.25, 0.3) is 5.91 Å². The summed E-state index contributed by atoms with van der Waals surface area (Å²) in [5, 5.41) is 3.27. The van der Waals surface area contributed by atoms with Gasteiger partial charge >= 0.3 is 0 Å². The van der Waals surface area contributed by atoms with Crippen LogP contribution in [0.5, 0.6) is 0 Å². The lowest BCUT2D eigenvalue weighted by Gasteiger charge is -2.13. The smallest absolute Gasteiger partial charge is 0.254 e. The Bertz CT molecular complexity index is 760. The molecule has 1 heterocycles. The summed E-state index contributed by atoms with van der Waals surface area (Å²) in [6.07, 6.45) is 1.66. The lowest BCUT2D eigenvalue weighted by Crippen LogP contribution is -2.36. The van der Waals surface area contributed by atoms with Crippen molar-refractivity contribution in [3.05, 3.63) is 53.2 Å². The van der Waals surface area contributed by atoms with Crippen LogP contribution in [0.15, 0.2) is 46.5 Å². The molecule has 1 N–H and O–H groups in total. The molecule has 0 aliphatic heterocycles. The zero-order chi connectivity index (χ0) is 17.7. The summed E-state index contributed by atoms with van der Waals surface area (Å²) in [6.45, 7) is 4.02. The molecule has 24 heavy (non-hydrogen) atoms. The first-order chi connectivity index (χ1) is 11.4. The molecular formula is C18H21N3O2S. The van der Waals surface area contributed by atoms with Gasteiger partial charge in [0, 0.05) is 25.2 Å². The Labute approximate surface area is 146 Å². The predicted octanol–water partition coefficient (Wildman–Crippen LogP) is 2.67. The Morgan fingerprint density at radius 3 is 2.67 bits per heavy atom. The monoisotopic (exact) mass is 343 g/mol. The van der Waals surface area contributed by atoms with E-state index in [1.165, 1.54) is 16.7 Å². The van der Waals surface area contributed by atoms with E-state index in [2.05, 4.69) is 28.5 Å². The number of hydrogen-bond acceptors (Lipinski definition) is 4. The average Bonchev–Trinajstić information content (AvgIpc) is 2.56. The Morgan fingerprint density at radius 2 is 1.96 bits per heavy atom. The van der Waals surface area contributed by atoms with E-state index in [1.54, 1.807) is 32.4 Å². The lowest BCUT2D eigenvalue weighted by atomic mass is 10.2. The SMILES string of the molecule is Cc1ccc(C)c(Sc2ncccc2C(=O)NCC(=O)N(C)C)c1.